The molecular weight excluding hydrogens is 322 g/mol. The molecular formula is C14H14BrN3S. The number of anilines is 1. The Balaban J connectivity index is 1.95. The van der Waals surface area contributed by atoms with Gasteiger partial charge in [0.25, 0.3) is 0 Å². The van der Waals surface area contributed by atoms with E-state index in [1.807, 2.05) is 24.3 Å². The first-order valence-electron chi connectivity index (χ1n) is 5.88. The minimum absolute atomic E-state index is 0.133. The van der Waals surface area contributed by atoms with Crippen molar-refractivity contribution in [3.8, 4) is 0 Å². The number of nitrogens with one attached hydrogen (secondary N) is 2. The summed E-state index contributed by atoms with van der Waals surface area (Å²) in [7, 11) is 0. The van der Waals surface area contributed by atoms with Gasteiger partial charge in [-0.05, 0) is 49.0 Å². The Hall–Kier alpha value is -1.46. The highest BCUT2D eigenvalue weighted by Gasteiger charge is 2.07. The lowest BCUT2D eigenvalue weighted by atomic mass is 10.1. The zero-order chi connectivity index (χ0) is 13.7. The van der Waals surface area contributed by atoms with Crippen LogP contribution < -0.4 is 10.6 Å². The van der Waals surface area contributed by atoms with Gasteiger partial charge in [0.2, 0.25) is 0 Å². The fourth-order valence-corrected chi connectivity index (χ4v) is 2.37. The summed E-state index contributed by atoms with van der Waals surface area (Å²) in [6, 6.07) is 12.1. The summed E-state index contributed by atoms with van der Waals surface area (Å²) in [5.74, 6) is 0. The van der Waals surface area contributed by atoms with Crippen LogP contribution in [0.5, 0.6) is 0 Å². The highest BCUT2D eigenvalue weighted by atomic mass is 79.9. The zero-order valence-electron chi connectivity index (χ0n) is 10.4. The van der Waals surface area contributed by atoms with Crippen LogP contribution in [-0.2, 0) is 0 Å². The molecule has 0 aliphatic carbocycles. The van der Waals surface area contributed by atoms with Crippen LogP contribution in [0.15, 0.2) is 53.3 Å². The Labute approximate surface area is 126 Å². The number of hydrogen-bond acceptors (Lipinski definition) is 2. The van der Waals surface area contributed by atoms with Gasteiger partial charge in [0.1, 0.15) is 0 Å². The van der Waals surface area contributed by atoms with Crippen LogP contribution in [0.3, 0.4) is 0 Å². The van der Waals surface area contributed by atoms with Crippen molar-refractivity contribution in [3.05, 3.63) is 58.8 Å². The molecule has 2 rings (SSSR count). The van der Waals surface area contributed by atoms with Crippen molar-refractivity contribution in [3.63, 3.8) is 0 Å². The van der Waals surface area contributed by atoms with Crippen molar-refractivity contribution in [2.45, 2.75) is 13.0 Å². The molecule has 5 heteroatoms. The second-order valence-corrected chi connectivity index (χ2v) is 5.44. The van der Waals surface area contributed by atoms with E-state index in [-0.39, 0.29) is 6.04 Å². The molecule has 1 unspecified atom stereocenters. The van der Waals surface area contributed by atoms with Crippen molar-refractivity contribution in [1.82, 2.24) is 10.3 Å². The van der Waals surface area contributed by atoms with E-state index in [2.05, 4.69) is 50.6 Å². The number of benzene rings is 1. The SMILES string of the molecule is CC(NC(=S)Nc1cccnc1)c1cccc(Br)c1. The number of pyridine rings is 1. The summed E-state index contributed by atoms with van der Waals surface area (Å²) >= 11 is 8.75. The molecule has 1 aromatic carbocycles. The minimum atomic E-state index is 0.133. The Morgan fingerprint density at radius 2 is 2.16 bits per heavy atom. The third-order valence-corrected chi connectivity index (χ3v) is 3.33. The van der Waals surface area contributed by atoms with E-state index in [4.69, 9.17) is 12.2 Å². The monoisotopic (exact) mass is 335 g/mol. The molecule has 2 N–H and O–H groups in total. The van der Waals surface area contributed by atoms with Crippen LogP contribution in [0.2, 0.25) is 0 Å². The molecule has 0 bridgehead atoms. The highest BCUT2D eigenvalue weighted by Crippen LogP contribution is 2.18. The maximum absolute atomic E-state index is 5.28. The average molecular weight is 336 g/mol. The first-order valence-corrected chi connectivity index (χ1v) is 7.08. The molecule has 0 aliphatic heterocycles. The van der Waals surface area contributed by atoms with E-state index in [0.717, 1.165) is 10.2 Å². The van der Waals surface area contributed by atoms with Crippen molar-refractivity contribution in [1.29, 1.82) is 0 Å². The normalized spacial score (nSPS) is 11.7. The lowest BCUT2D eigenvalue weighted by Crippen LogP contribution is -2.30. The molecule has 1 heterocycles. The van der Waals surface area contributed by atoms with E-state index in [1.165, 1.54) is 5.56 Å². The smallest absolute Gasteiger partial charge is 0.171 e. The predicted molar refractivity (Wildman–Crippen MR) is 86.2 cm³/mol. The van der Waals surface area contributed by atoms with Gasteiger partial charge in [0.05, 0.1) is 17.9 Å². The first kappa shape index (κ1) is 14.0. The van der Waals surface area contributed by atoms with E-state index in [9.17, 15) is 0 Å². The van der Waals surface area contributed by atoms with E-state index in [0.29, 0.717) is 5.11 Å². The minimum Gasteiger partial charge on any atom is -0.356 e. The highest BCUT2D eigenvalue weighted by molar-refractivity contribution is 9.10. The summed E-state index contributed by atoms with van der Waals surface area (Å²) in [6.45, 7) is 2.07. The molecule has 19 heavy (non-hydrogen) atoms. The molecule has 0 spiro atoms. The molecule has 1 aromatic heterocycles. The molecule has 1 atom stereocenters. The van der Waals surface area contributed by atoms with Gasteiger partial charge < -0.3 is 10.6 Å². The molecule has 0 fully saturated rings. The lowest BCUT2D eigenvalue weighted by molar-refractivity contribution is 0.722. The summed E-state index contributed by atoms with van der Waals surface area (Å²) in [6.07, 6.45) is 3.46. The number of aromatic nitrogens is 1. The average Bonchev–Trinajstić information content (AvgIpc) is 2.39. The molecule has 0 aliphatic rings. The lowest BCUT2D eigenvalue weighted by Gasteiger charge is -2.17. The zero-order valence-corrected chi connectivity index (χ0v) is 12.8. The molecule has 0 amide bonds. The largest absolute Gasteiger partial charge is 0.356 e. The number of nitrogens with zero attached hydrogens (tertiary/aromatic N) is 1. The number of rotatable bonds is 3. The van der Waals surface area contributed by atoms with E-state index < -0.39 is 0 Å². The summed E-state index contributed by atoms with van der Waals surface area (Å²) in [4.78, 5) is 4.03. The Morgan fingerprint density at radius 3 is 2.84 bits per heavy atom. The Bertz CT molecular complexity index is 560. The van der Waals surface area contributed by atoms with Crippen LogP contribution in [0.1, 0.15) is 18.5 Å². The van der Waals surface area contributed by atoms with Gasteiger partial charge in [-0.25, -0.2) is 0 Å². The summed E-state index contributed by atoms with van der Waals surface area (Å²) in [5.41, 5.74) is 2.05. The number of thiocarbonyl (C=S) groups is 1. The van der Waals surface area contributed by atoms with Crippen LogP contribution >= 0.6 is 28.1 Å². The standard InChI is InChI=1S/C14H14BrN3S/c1-10(11-4-2-5-12(15)8-11)17-14(19)18-13-6-3-7-16-9-13/h2-10H,1H3,(H2,17,18,19). The fourth-order valence-electron chi connectivity index (χ4n) is 1.66. The van der Waals surface area contributed by atoms with Crippen molar-refractivity contribution >= 4 is 38.9 Å². The van der Waals surface area contributed by atoms with Crippen LogP contribution in [-0.4, -0.2) is 10.1 Å². The maximum atomic E-state index is 5.28. The van der Waals surface area contributed by atoms with Crippen molar-refractivity contribution < 1.29 is 0 Å². The van der Waals surface area contributed by atoms with E-state index >= 15 is 0 Å². The number of halogens is 1. The van der Waals surface area contributed by atoms with Crippen LogP contribution in [0, 0.1) is 0 Å². The Kier molecular flexibility index (Phi) is 4.87. The third-order valence-electron chi connectivity index (χ3n) is 2.62. The first-order chi connectivity index (χ1) is 9.15. The quantitative estimate of drug-likeness (QED) is 0.834. The summed E-state index contributed by atoms with van der Waals surface area (Å²) in [5, 5.41) is 6.93. The summed E-state index contributed by atoms with van der Waals surface area (Å²) < 4.78 is 1.06. The molecule has 0 radical (unpaired) electrons. The molecule has 98 valence electrons. The fraction of sp³-hybridized carbons (Fsp3) is 0.143. The molecule has 0 saturated heterocycles. The van der Waals surface area contributed by atoms with Gasteiger partial charge >= 0.3 is 0 Å². The third kappa shape index (κ3) is 4.29. The Morgan fingerprint density at radius 1 is 1.32 bits per heavy atom. The van der Waals surface area contributed by atoms with Gasteiger partial charge in [-0.15, -0.1) is 0 Å². The second kappa shape index (κ2) is 6.63. The molecule has 0 saturated carbocycles. The molecule has 3 nitrogen and oxygen atoms in total. The second-order valence-electron chi connectivity index (χ2n) is 4.12. The maximum Gasteiger partial charge on any atom is 0.171 e. The van der Waals surface area contributed by atoms with Crippen molar-refractivity contribution in [2.75, 3.05) is 5.32 Å². The molecule has 2 aromatic rings. The van der Waals surface area contributed by atoms with Gasteiger partial charge in [-0.3, -0.25) is 4.98 Å². The van der Waals surface area contributed by atoms with E-state index in [1.54, 1.807) is 12.4 Å². The number of hydrogen-bond donors (Lipinski definition) is 2. The van der Waals surface area contributed by atoms with Crippen molar-refractivity contribution in [2.24, 2.45) is 0 Å². The topological polar surface area (TPSA) is 37.0 Å². The van der Waals surface area contributed by atoms with Gasteiger partial charge in [-0.1, -0.05) is 28.1 Å². The van der Waals surface area contributed by atoms with Gasteiger partial charge in [0, 0.05) is 10.7 Å². The van der Waals surface area contributed by atoms with Crippen LogP contribution in [0.4, 0.5) is 5.69 Å². The predicted octanol–water partition coefficient (Wildman–Crippen LogP) is 3.89. The van der Waals surface area contributed by atoms with Crippen LogP contribution in [0.25, 0.3) is 0 Å². The van der Waals surface area contributed by atoms with Gasteiger partial charge in [-0.2, -0.15) is 0 Å². The van der Waals surface area contributed by atoms with Gasteiger partial charge in [0.15, 0.2) is 5.11 Å².